The second-order valence-electron chi connectivity index (χ2n) is 6.01. The number of carbonyl (C=O) groups excluding carboxylic acids is 2. The predicted octanol–water partition coefficient (Wildman–Crippen LogP) is 1.70. The first-order valence-electron chi connectivity index (χ1n) is 8.33. The molecule has 1 aromatic carbocycles. The number of carbonyl (C=O) groups is 2. The minimum atomic E-state index is -0.500. The maximum atomic E-state index is 12.9. The first-order valence-corrected chi connectivity index (χ1v) is 8.33. The van der Waals surface area contributed by atoms with Crippen LogP contribution >= 0.6 is 0 Å². The van der Waals surface area contributed by atoms with Crippen molar-refractivity contribution in [2.45, 2.75) is 25.8 Å². The Kier molecular flexibility index (Phi) is 5.08. The van der Waals surface area contributed by atoms with Crippen molar-refractivity contribution in [1.29, 1.82) is 0 Å². The molecular formula is C18H23NO4. The summed E-state index contributed by atoms with van der Waals surface area (Å²) in [7, 11) is 0. The number of hydrogen-bond donors (Lipinski definition) is 0. The van der Waals surface area contributed by atoms with Crippen molar-refractivity contribution >= 4 is 11.8 Å². The summed E-state index contributed by atoms with van der Waals surface area (Å²) in [4.78, 5) is 27.5. The van der Waals surface area contributed by atoms with E-state index >= 15 is 0 Å². The molecule has 0 amide bonds. The number of fused-ring (bicyclic) bond motifs is 1. The fraction of sp³-hybridized carbons (Fsp3) is 0.556. The quantitative estimate of drug-likeness (QED) is 0.791. The lowest BCUT2D eigenvalue weighted by Crippen LogP contribution is -2.54. The number of ketones is 1. The van der Waals surface area contributed by atoms with Crippen molar-refractivity contribution in [2.75, 3.05) is 32.9 Å². The van der Waals surface area contributed by atoms with E-state index in [4.69, 9.17) is 9.47 Å². The molecule has 2 aliphatic rings. The summed E-state index contributed by atoms with van der Waals surface area (Å²) in [5.41, 5.74) is 1.84. The van der Waals surface area contributed by atoms with Crippen LogP contribution in [0.15, 0.2) is 24.3 Å². The van der Waals surface area contributed by atoms with E-state index in [9.17, 15) is 9.59 Å². The molecule has 1 saturated heterocycles. The van der Waals surface area contributed by atoms with Gasteiger partial charge in [-0.15, -0.1) is 0 Å². The smallest absolute Gasteiger partial charge is 0.324 e. The fourth-order valence-electron chi connectivity index (χ4n) is 3.57. The second kappa shape index (κ2) is 7.23. The fourth-order valence-corrected chi connectivity index (χ4v) is 3.57. The summed E-state index contributed by atoms with van der Waals surface area (Å²) in [6, 6.07) is 7.20. The number of aryl methyl sites for hydroxylation is 1. The molecule has 0 N–H and O–H groups in total. The van der Waals surface area contributed by atoms with Gasteiger partial charge in [0.1, 0.15) is 6.04 Å². The SMILES string of the molecule is CCOC(=O)[C@H]([C@H]1CCc2ccccc2C1=O)N1CCOCC1. The molecule has 5 heteroatoms. The molecule has 0 spiro atoms. The Morgan fingerprint density at radius 1 is 1.35 bits per heavy atom. The van der Waals surface area contributed by atoms with Gasteiger partial charge in [0, 0.05) is 24.6 Å². The molecule has 124 valence electrons. The molecule has 0 unspecified atom stereocenters. The van der Waals surface area contributed by atoms with Crippen molar-refractivity contribution in [2.24, 2.45) is 5.92 Å². The minimum absolute atomic E-state index is 0.0661. The van der Waals surface area contributed by atoms with Gasteiger partial charge in [-0.05, 0) is 25.3 Å². The normalized spacial score (nSPS) is 23.2. The van der Waals surface area contributed by atoms with Crippen LogP contribution in [0.3, 0.4) is 0 Å². The third kappa shape index (κ3) is 3.31. The molecular weight excluding hydrogens is 294 g/mol. The average Bonchev–Trinajstić information content (AvgIpc) is 2.59. The van der Waals surface area contributed by atoms with Crippen LogP contribution in [-0.4, -0.2) is 55.6 Å². The largest absolute Gasteiger partial charge is 0.465 e. The van der Waals surface area contributed by atoms with Gasteiger partial charge in [-0.1, -0.05) is 24.3 Å². The zero-order valence-corrected chi connectivity index (χ0v) is 13.5. The van der Waals surface area contributed by atoms with Crippen LogP contribution < -0.4 is 0 Å². The Morgan fingerprint density at radius 2 is 2.09 bits per heavy atom. The van der Waals surface area contributed by atoms with Crippen LogP contribution in [-0.2, 0) is 20.7 Å². The van der Waals surface area contributed by atoms with E-state index in [0.717, 1.165) is 17.5 Å². The van der Waals surface area contributed by atoms with Gasteiger partial charge in [0.05, 0.1) is 19.8 Å². The molecule has 1 fully saturated rings. The van der Waals surface area contributed by atoms with E-state index in [0.29, 0.717) is 39.3 Å². The average molecular weight is 317 g/mol. The van der Waals surface area contributed by atoms with Gasteiger partial charge in [-0.2, -0.15) is 0 Å². The van der Waals surface area contributed by atoms with E-state index in [1.165, 1.54) is 0 Å². The van der Waals surface area contributed by atoms with Crippen LogP contribution in [0.4, 0.5) is 0 Å². The lowest BCUT2D eigenvalue weighted by atomic mass is 9.78. The van der Waals surface area contributed by atoms with Crippen LogP contribution in [0.25, 0.3) is 0 Å². The van der Waals surface area contributed by atoms with E-state index in [1.807, 2.05) is 24.3 Å². The molecule has 1 aliphatic carbocycles. The summed E-state index contributed by atoms with van der Waals surface area (Å²) >= 11 is 0. The Hall–Kier alpha value is -1.72. The molecule has 3 rings (SSSR count). The van der Waals surface area contributed by atoms with E-state index in [2.05, 4.69) is 4.90 Å². The Bertz CT molecular complexity index is 580. The molecule has 23 heavy (non-hydrogen) atoms. The van der Waals surface area contributed by atoms with Crippen molar-refractivity contribution < 1.29 is 19.1 Å². The van der Waals surface area contributed by atoms with Crippen molar-refractivity contribution in [3.8, 4) is 0 Å². The molecule has 1 heterocycles. The van der Waals surface area contributed by atoms with E-state index in [-0.39, 0.29) is 17.7 Å². The number of Topliss-reactive ketones (excluding diaryl/α,β-unsaturated/α-hetero) is 1. The number of rotatable bonds is 4. The van der Waals surface area contributed by atoms with Crippen LogP contribution in [0.1, 0.15) is 29.3 Å². The van der Waals surface area contributed by atoms with E-state index in [1.54, 1.807) is 6.92 Å². The molecule has 1 aliphatic heterocycles. The molecule has 0 saturated carbocycles. The van der Waals surface area contributed by atoms with Gasteiger partial charge in [0.15, 0.2) is 5.78 Å². The molecule has 2 atom stereocenters. The zero-order chi connectivity index (χ0) is 16.2. The highest BCUT2D eigenvalue weighted by atomic mass is 16.5. The predicted molar refractivity (Wildman–Crippen MR) is 85.4 cm³/mol. The third-order valence-corrected chi connectivity index (χ3v) is 4.69. The first-order chi connectivity index (χ1) is 11.2. The standard InChI is InChI=1S/C18H23NO4/c1-2-23-18(21)16(19-9-11-22-12-10-19)15-8-7-13-5-3-4-6-14(13)17(15)20/h3-6,15-16H,2,7-12H2,1H3/t15-,16+/m1/s1. The monoisotopic (exact) mass is 317 g/mol. The highest BCUT2D eigenvalue weighted by Gasteiger charge is 2.41. The van der Waals surface area contributed by atoms with Gasteiger partial charge >= 0.3 is 5.97 Å². The van der Waals surface area contributed by atoms with Crippen LogP contribution in [0.2, 0.25) is 0 Å². The number of morpholine rings is 1. The number of ether oxygens (including phenoxy) is 2. The number of esters is 1. The summed E-state index contributed by atoms with van der Waals surface area (Å²) in [6.07, 6.45) is 1.52. The van der Waals surface area contributed by atoms with E-state index < -0.39 is 6.04 Å². The molecule has 1 aromatic rings. The molecule has 0 bridgehead atoms. The van der Waals surface area contributed by atoms with Gasteiger partial charge in [0.2, 0.25) is 0 Å². The van der Waals surface area contributed by atoms with Crippen LogP contribution in [0, 0.1) is 5.92 Å². The van der Waals surface area contributed by atoms with Gasteiger partial charge in [0.25, 0.3) is 0 Å². The Morgan fingerprint density at radius 3 is 2.83 bits per heavy atom. The maximum absolute atomic E-state index is 12.9. The number of hydrogen-bond acceptors (Lipinski definition) is 5. The van der Waals surface area contributed by atoms with Gasteiger partial charge in [-0.3, -0.25) is 14.5 Å². The van der Waals surface area contributed by atoms with Crippen molar-refractivity contribution in [3.63, 3.8) is 0 Å². The highest BCUT2D eigenvalue weighted by Crippen LogP contribution is 2.30. The highest BCUT2D eigenvalue weighted by molar-refractivity contribution is 6.02. The van der Waals surface area contributed by atoms with Crippen molar-refractivity contribution in [1.82, 2.24) is 4.90 Å². The molecule has 0 aromatic heterocycles. The zero-order valence-electron chi connectivity index (χ0n) is 13.5. The number of benzene rings is 1. The first kappa shape index (κ1) is 16.1. The molecule has 5 nitrogen and oxygen atoms in total. The summed E-state index contributed by atoms with van der Waals surface area (Å²) in [6.45, 7) is 4.63. The lowest BCUT2D eigenvalue weighted by Gasteiger charge is -2.38. The van der Waals surface area contributed by atoms with Crippen LogP contribution in [0.5, 0.6) is 0 Å². The Labute approximate surface area is 136 Å². The summed E-state index contributed by atoms with van der Waals surface area (Å²) < 4.78 is 10.7. The second-order valence-corrected chi connectivity index (χ2v) is 6.01. The summed E-state index contributed by atoms with van der Waals surface area (Å²) in [5, 5.41) is 0. The van der Waals surface area contributed by atoms with Gasteiger partial charge in [-0.25, -0.2) is 0 Å². The molecule has 0 radical (unpaired) electrons. The Balaban J connectivity index is 1.87. The summed E-state index contributed by atoms with van der Waals surface area (Å²) in [5.74, 6) is -0.550. The number of nitrogens with zero attached hydrogens (tertiary/aromatic N) is 1. The maximum Gasteiger partial charge on any atom is 0.324 e. The van der Waals surface area contributed by atoms with Gasteiger partial charge < -0.3 is 9.47 Å². The third-order valence-electron chi connectivity index (χ3n) is 4.69. The minimum Gasteiger partial charge on any atom is -0.465 e. The topological polar surface area (TPSA) is 55.8 Å². The lowest BCUT2D eigenvalue weighted by molar-refractivity contribution is -0.153. The van der Waals surface area contributed by atoms with Crippen molar-refractivity contribution in [3.05, 3.63) is 35.4 Å².